The Hall–Kier alpha value is -0.0800. The standard InChI is InChI=1S/C14H27NO/c1-14(2,12-5-3-4-6-12)11-15-13-7-9-16-10-8-13/h12-13,15H,3-11H2,1-2H3. The fourth-order valence-electron chi connectivity index (χ4n) is 3.16. The van der Waals surface area contributed by atoms with Crippen LogP contribution in [0.1, 0.15) is 52.4 Å². The lowest BCUT2D eigenvalue weighted by atomic mass is 9.77. The van der Waals surface area contributed by atoms with Gasteiger partial charge in [-0.05, 0) is 37.0 Å². The van der Waals surface area contributed by atoms with Gasteiger partial charge in [0.2, 0.25) is 0 Å². The first-order valence-corrected chi connectivity index (χ1v) is 6.99. The van der Waals surface area contributed by atoms with E-state index in [4.69, 9.17) is 4.74 Å². The average molecular weight is 225 g/mol. The summed E-state index contributed by atoms with van der Waals surface area (Å²) in [5.74, 6) is 0.944. The molecule has 1 aliphatic carbocycles. The van der Waals surface area contributed by atoms with E-state index in [0.29, 0.717) is 11.5 Å². The topological polar surface area (TPSA) is 21.3 Å². The van der Waals surface area contributed by atoms with Crippen molar-refractivity contribution < 1.29 is 4.74 Å². The third kappa shape index (κ3) is 3.21. The van der Waals surface area contributed by atoms with Crippen molar-refractivity contribution in [2.45, 2.75) is 58.4 Å². The van der Waals surface area contributed by atoms with Crippen LogP contribution < -0.4 is 5.32 Å². The van der Waals surface area contributed by atoms with E-state index in [9.17, 15) is 0 Å². The molecule has 16 heavy (non-hydrogen) atoms. The molecule has 94 valence electrons. The average Bonchev–Trinajstić information content (AvgIpc) is 2.82. The molecule has 1 heterocycles. The molecule has 2 heteroatoms. The molecule has 0 spiro atoms. The number of hydrogen-bond donors (Lipinski definition) is 1. The first-order valence-electron chi connectivity index (χ1n) is 6.99. The lowest BCUT2D eigenvalue weighted by Gasteiger charge is -2.34. The van der Waals surface area contributed by atoms with E-state index < -0.39 is 0 Å². The Morgan fingerprint density at radius 3 is 2.31 bits per heavy atom. The van der Waals surface area contributed by atoms with E-state index in [1.165, 1.54) is 45.1 Å². The number of hydrogen-bond acceptors (Lipinski definition) is 2. The second kappa shape index (κ2) is 5.50. The van der Waals surface area contributed by atoms with Crippen LogP contribution in [0.5, 0.6) is 0 Å². The Kier molecular flexibility index (Phi) is 4.26. The van der Waals surface area contributed by atoms with Gasteiger partial charge >= 0.3 is 0 Å². The lowest BCUT2D eigenvalue weighted by Crippen LogP contribution is -2.42. The number of nitrogens with one attached hydrogen (secondary N) is 1. The van der Waals surface area contributed by atoms with Gasteiger partial charge in [-0.15, -0.1) is 0 Å². The Balaban J connectivity index is 1.74. The van der Waals surface area contributed by atoms with Crippen LogP contribution >= 0.6 is 0 Å². The highest BCUT2D eigenvalue weighted by molar-refractivity contribution is 4.85. The van der Waals surface area contributed by atoms with Gasteiger partial charge in [0, 0.05) is 25.8 Å². The van der Waals surface area contributed by atoms with Crippen molar-refractivity contribution in [3.05, 3.63) is 0 Å². The lowest BCUT2D eigenvalue weighted by molar-refractivity contribution is 0.0723. The molecule has 1 saturated carbocycles. The van der Waals surface area contributed by atoms with Crippen LogP contribution in [0.3, 0.4) is 0 Å². The molecule has 0 bridgehead atoms. The summed E-state index contributed by atoms with van der Waals surface area (Å²) >= 11 is 0. The van der Waals surface area contributed by atoms with Gasteiger partial charge in [0.25, 0.3) is 0 Å². The van der Waals surface area contributed by atoms with Crippen molar-refractivity contribution in [2.24, 2.45) is 11.3 Å². The molecule has 0 aromatic carbocycles. The summed E-state index contributed by atoms with van der Waals surface area (Å²) in [7, 11) is 0. The highest BCUT2D eigenvalue weighted by Crippen LogP contribution is 2.39. The molecule has 2 rings (SSSR count). The summed E-state index contributed by atoms with van der Waals surface area (Å²) in [5.41, 5.74) is 0.481. The van der Waals surface area contributed by atoms with Gasteiger partial charge in [0.1, 0.15) is 0 Å². The van der Waals surface area contributed by atoms with Gasteiger partial charge in [-0.3, -0.25) is 0 Å². The van der Waals surface area contributed by atoms with Crippen molar-refractivity contribution in [1.82, 2.24) is 5.32 Å². The number of ether oxygens (including phenoxy) is 1. The Bertz CT molecular complexity index is 203. The maximum absolute atomic E-state index is 5.39. The van der Waals surface area contributed by atoms with E-state index in [0.717, 1.165) is 19.1 Å². The summed E-state index contributed by atoms with van der Waals surface area (Å²) in [6.45, 7) is 7.95. The molecule has 2 aliphatic rings. The van der Waals surface area contributed by atoms with Crippen LogP contribution in [-0.4, -0.2) is 25.8 Å². The summed E-state index contributed by atoms with van der Waals surface area (Å²) in [4.78, 5) is 0. The largest absolute Gasteiger partial charge is 0.381 e. The molecular weight excluding hydrogens is 198 g/mol. The van der Waals surface area contributed by atoms with Crippen LogP contribution in [0.25, 0.3) is 0 Å². The summed E-state index contributed by atoms with van der Waals surface area (Å²) in [6.07, 6.45) is 8.18. The summed E-state index contributed by atoms with van der Waals surface area (Å²) in [5, 5.41) is 3.76. The maximum Gasteiger partial charge on any atom is 0.0480 e. The van der Waals surface area contributed by atoms with Crippen LogP contribution in [0.15, 0.2) is 0 Å². The van der Waals surface area contributed by atoms with Crippen molar-refractivity contribution in [1.29, 1.82) is 0 Å². The Labute approximate surface area is 100 Å². The highest BCUT2D eigenvalue weighted by atomic mass is 16.5. The molecule has 0 aromatic rings. The predicted octanol–water partition coefficient (Wildman–Crippen LogP) is 2.97. The van der Waals surface area contributed by atoms with Crippen LogP contribution in [0, 0.1) is 11.3 Å². The van der Waals surface area contributed by atoms with Crippen molar-refractivity contribution in [3.63, 3.8) is 0 Å². The predicted molar refractivity (Wildman–Crippen MR) is 67.6 cm³/mol. The summed E-state index contributed by atoms with van der Waals surface area (Å²) < 4.78 is 5.39. The van der Waals surface area contributed by atoms with Gasteiger partial charge in [-0.25, -0.2) is 0 Å². The fourth-order valence-corrected chi connectivity index (χ4v) is 3.16. The summed E-state index contributed by atoms with van der Waals surface area (Å²) in [6, 6.07) is 0.703. The van der Waals surface area contributed by atoms with Crippen LogP contribution in [0.4, 0.5) is 0 Å². The molecule has 0 amide bonds. The molecule has 0 atom stereocenters. The van der Waals surface area contributed by atoms with E-state index >= 15 is 0 Å². The Morgan fingerprint density at radius 2 is 1.69 bits per heavy atom. The quantitative estimate of drug-likeness (QED) is 0.794. The maximum atomic E-state index is 5.39. The minimum absolute atomic E-state index is 0.481. The highest BCUT2D eigenvalue weighted by Gasteiger charge is 2.32. The second-order valence-corrected chi connectivity index (χ2v) is 6.24. The normalized spacial score (nSPS) is 25.1. The molecule has 2 nitrogen and oxygen atoms in total. The van der Waals surface area contributed by atoms with Gasteiger partial charge < -0.3 is 10.1 Å². The molecule has 0 radical (unpaired) electrons. The molecule has 1 saturated heterocycles. The van der Waals surface area contributed by atoms with E-state index in [-0.39, 0.29) is 0 Å². The van der Waals surface area contributed by atoms with Crippen molar-refractivity contribution in [2.75, 3.05) is 19.8 Å². The zero-order valence-corrected chi connectivity index (χ0v) is 10.9. The van der Waals surface area contributed by atoms with Gasteiger partial charge in [0.15, 0.2) is 0 Å². The third-order valence-electron chi connectivity index (χ3n) is 4.53. The monoisotopic (exact) mass is 225 g/mol. The smallest absolute Gasteiger partial charge is 0.0480 e. The van der Waals surface area contributed by atoms with Gasteiger partial charge in [-0.2, -0.15) is 0 Å². The first-order chi connectivity index (χ1) is 7.68. The van der Waals surface area contributed by atoms with Crippen molar-refractivity contribution >= 4 is 0 Å². The van der Waals surface area contributed by atoms with E-state index in [1.54, 1.807) is 0 Å². The van der Waals surface area contributed by atoms with Gasteiger partial charge in [-0.1, -0.05) is 26.7 Å². The molecule has 0 aromatic heterocycles. The van der Waals surface area contributed by atoms with Crippen molar-refractivity contribution in [3.8, 4) is 0 Å². The molecule has 0 unspecified atom stereocenters. The van der Waals surface area contributed by atoms with Crippen LogP contribution in [-0.2, 0) is 4.74 Å². The zero-order valence-electron chi connectivity index (χ0n) is 10.9. The van der Waals surface area contributed by atoms with E-state index in [1.807, 2.05) is 0 Å². The molecule has 1 aliphatic heterocycles. The van der Waals surface area contributed by atoms with E-state index in [2.05, 4.69) is 19.2 Å². The first kappa shape index (κ1) is 12.4. The minimum atomic E-state index is 0.481. The number of rotatable bonds is 4. The Morgan fingerprint density at radius 1 is 1.06 bits per heavy atom. The molecule has 2 fully saturated rings. The zero-order chi connectivity index (χ0) is 11.4. The third-order valence-corrected chi connectivity index (χ3v) is 4.53. The minimum Gasteiger partial charge on any atom is -0.381 e. The molecule has 1 N–H and O–H groups in total. The second-order valence-electron chi connectivity index (χ2n) is 6.24. The molecular formula is C14H27NO. The van der Waals surface area contributed by atoms with Crippen LogP contribution in [0.2, 0.25) is 0 Å². The fraction of sp³-hybridized carbons (Fsp3) is 1.00. The van der Waals surface area contributed by atoms with Gasteiger partial charge in [0.05, 0.1) is 0 Å². The SMILES string of the molecule is CC(C)(CNC1CCOCC1)C1CCCC1.